The van der Waals surface area contributed by atoms with Gasteiger partial charge < -0.3 is 9.47 Å². The molecule has 3 aromatic carbocycles. The lowest BCUT2D eigenvalue weighted by atomic mass is 10.0. The van der Waals surface area contributed by atoms with Crippen molar-refractivity contribution in [3.63, 3.8) is 0 Å². The first-order chi connectivity index (χ1) is 16.0. The molecule has 4 aromatic rings. The van der Waals surface area contributed by atoms with Crippen LogP contribution in [0.5, 0.6) is 16.7 Å². The summed E-state index contributed by atoms with van der Waals surface area (Å²) in [5, 5.41) is 0.635. The van der Waals surface area contributed by atoms with Crippen molar-refractivity contribution in [2.24, 2.45) is 0 Å². The predicted octanol–water partition coefficient (Wildman–Crippen LogP) is 7.47. The van der Waals surface area contributed by atoms with E-state index in [9.17, 15) is 0 Å². The van der Waals surface area contributed by atoms with E-state index in [0.29, 0.717) is 11.2 Å². The van der Waals surface area contributed by atoms with E-state index in [4.69, 9.17) is 9.47 Å². The Morgan fingerprint density at radius 3 is 2.24 bits per heavy atom. The molecule has 1 aliphatic heterocycles. The molecule has 2 heterocycles. The lowest BCUT2D eigenvalue weighted by Gasteiger charge is -2.24. The fourth-order valence-corrected chi connectivity index (χ4v) is 4.98. The van der Waals surface area contributed by atoms with Gasteiger partial charge in [0.15, 0.2) is 0 Å². The summed E-state index contributed by atoms with van der Waals surface area (Å²) in [6.07, 6.45) is 2.05. The van der Waals surface area contributed by atoms with Gasteiger partial charge in [-0.15, -0.1) is 0 Å². The quantitative estimate of drug-likeness (QED) is 0.289. The van der Waals surface area contributed by atoms with Crippen molar-refractivity contribution in [1.29, 1.82) is 0 Å². The lowest BCUT2D eigenvalue weighted by molar-refractivity contribution is 0.215. The Bertz CT molecular complexity index is 1210. The Morgan fingerprint density at radius 1 is 0.848 bits per heavy atom. The van der Waals surface area contributed by atoms with Gasteiger partial charge in [-0.1, -0.05) is 53.8 Å². The predicted molar refractivity (Wildman–Crippen MR) is 134 cm³/mol. The van der Waals surface area contributed by atoms with Crippen LogP contribution >= 0.6 is 11.3 Å². The molecular weight excluding hydrogens is 428 g/mol. The van der Waals surface area contributed by atoms with Gasteiger partial charge >= 0.3 is 0 Å². The van der Waals surface area contributed by atoms with Gasteiger partial charge in [0.2, 0.25) is 0 Å². The molecule has 0 fully saturated rings. The van der Waals surface area contributed by atoms with Gasteiger partial charge in [-0.3, -0.25) is 4.90 Å². The van der Waals surface area contributed by atoms with Gasteiger partial charge in [-0.05, 0) is 73.4 Å². The zero-order valence-electron chi connectivity index (χ0n) is 19.2. The van der Waals surface area contributed by atoms with Crippen molar-refractivity contribution in [3.8, 4) is 27.1 Å². The van der Waals surface area contributed by atoms with Crippen molar-refractivity contribution >= 4 is 11.3 Å². The fraction of sp³-hybridized carbons (Fsp3) is 0.250. The van der Waals surface area contributed by atoms with E-state index in [0.717, 1.165) is 29.5 Å². The molecule has 4 nitrogen and oxygen atoms in total. The van der Waals surface area contributed by atoms with Crippen LogP contribution in [0.4, 0.5) is 0 Å². The largest absolute Gasteiger partial charge is 0.491 e. The summed E-state index contributed by atoms with van der Waals surface area (Å²) in [5.74, 6) is 1.59. The Morgan fingerprint density at radius 2 is 1.55 bits per heavy atom. The standard InChI is InChI=1S/C28H28N2O2S/c1-19(2)31-25-11-13-26(14-12-25)32-28-29-16-27(33-28)22-10-6-9-21(15-22)20(3)30-17-23-7-4-5-8-24(23)18-30/h4-16,19-20H,17-18H2,1-3H3. The highest BCUT2D eigenvalue weighted by molar-refractivity contribution is 7.16. The molecule has 1 aliphatic rings. The highest BCUT2D eigenvalue weighted by Crippen LogP contribution is 2.36. The molecule has 5 heteroatoms. The van der Waals surface area contributed by atoms with Gasteiger partial charge in [-0.2, -0.15) is 0 Å². The van der Waals surface area contributed by atoms with Crippen LogP contribution in [0.1, 0.15) is 43.5 Å². The van der Waals surface area contributed by atoms with Gasteiger partial charge in [-0.25, -0.2) is 4.98 Å². The zero-order chi connectivity index (χ0) is 22.8. The summed E-state index contributed by atoms with van der Waals surface area (Å²) >= 11 is 1.56. The van der Waals surface area contributed by atoms with E-state index in [2.05, 4.69) is 65.3 Å². The molecule has 168 valence electrons. The second-order valence-electron chi connectivity index (χ2n) is 8.71. The monoisotopic (exact) mass is 456 g/mol. The molecule has 0 saturated carbocycles. The number of fused-ring (bicyclic) bond motifs is 1. The van der Waals surface area contributed by atoms with Crippen LogP contribution in [-0.4, -0.2) is 16.0 Å². The molecular formula is C28H28N2O2S. The van der Waals surface area contributed by atoms with E-state index in [-0.39, 0.29) is 6.10 Å². The van der Waals surface area contributed by atoms with Gasteiger partial charge in [0.25, 0.3) is 5.19 Å². The third kappa shape index (κ3) is 4.95. The maximum absolute atomic E-state index is 5.98. The zero-order valence-corrected chi connectivity index (χ0v) is 20.0. The topological polar surface area (TPSA) is 34.6 Å². The van der Waals surface area contributed by atoms with Crippen LogP contribution in [0.15, 0.2) is 79.0 Å². The molecule has 0 N–H and O–H groups in total. The molecule has 0 amide bonds. The van der Waals surface area contributed by atoms with Crippen LogP contribution in [-0.2, 0) is 13.1 Å². The summed E-state index contributed by atoms with van der Waals surface area (Å²) in [6.45, 7) is 8.32. The van der Waals surface area contributed by atoms with E-state index in [1.54, 1.807) is 11.3 Å². The molecule has 1 atom stereocenters. The van der Waals surface area contributed by atoms with Crippen molar-refractivity contribution in [2.45, 2.75) is 46.0 Å². The van der Waals surface area contributed by atoms with Crippen LogP contribution in [0.2, 0.25) is 0 Å². The highest BCUT2D eigenvalue weighted by atomic mass is 32.1. The number of ether oxygens (including phenoxy) is 2. The second-order valence-corrected chi connectivity index (χ2v) is 9.70. The van der Waals surface area contributed by atoms with E-state index in [1.807, 2.05) is 44.3 Å². The van der Waals surface area contributed by atoms with Crippen molar-refractivity contribution in [2.75, 3.05) is 0 Å². The average Bonchev–Trinajstić information content (AvgIpc) is 3.47. The molecule has 0 spiro atoms. The Labute approximate surface area is 199 Å². The molecule has 0 radical (unpaired) electrons. The minimum Gasteiger partial charge on any atom is -0.491 e. The number of nitrogens with zero attached hydrogens (tertiary/aromatic N) is 2. The van der Waals surface area contributed by atoms with E-state index < -0.39 is 0 Å². The van der Waals surface area contributed by atoms with E-state index >= 15 is 0 Å². The van der Waals surface area contributed by atoms with E-state index in [1.165, 1.54) is 22.3 Å². The van der Waals surface area contributed by atoms with Gasteiger partial charge in [0, 0.05) is 25.3 Å². The molecule has 33 heavy (non-hydrogen) atoms. The average molecular weight is 457 g/mol. The van der Waals surface area contributed by atoms with Crippen LogP contribution in [0, 0.1) is 0 Å². The summed E-state index contributed by atoms with van der Waals surface area (Å²) in [6, 6.07) is 25.5. The number of benzene rings is 3. The fourth-order valence-electron chi connectivity index (χ4n) is 4.19. The molecule has 1 unspecified atom stereocenters. The Balaban J connectivity index is 1.28. The smallest absolute Gasteiger partial charge is 0.279 e. The first-order valence-electron chi connectivity index (χ1n) is 11.4. The molecule has 0 bridgehead atoms. The molecule has 1 aromatic heterocycles. The minimum atomic E-state index is 0.151. The van der Waals surface area contributed by atoms with Crippen molar-refractivity contribution in [1.82, 2.24) is 9.88 Å². The number of rotatable bonds is 7. The second kappa shape index (κ2) is 9.38. The third-order valence-corrected chi connectivity index (χ3v) is 6.88. The lowest BCUT2D eigenvalue weighted by Crippen LogP contribution is -2.20. The molecule has 0 saturated heterocycles. The summed E-state index contributed by atoms with van der Waals surface area (Å²) in [4.78, 5) is 8.12. The normalized spacial score (nSPS) is 14.3. The first kappa shape index (κ1) is 21.7. The molecule has 5 rings (SSSR count). The first-order valence-corrected chi connectivity index (χ1v) is 12.2. The number of thiazole rings is 1. The van der Waals surface area contributed by atoms with Crippen molar-refractivity contribution < 1.29 is 9.47 Å². The SMILES string of the molecule is CC(C)Oc1ccc(Oc2ncc(-c3cccc(C(C)N4Cc5ccccc5C4)c3)s2)cc1. The maximum Gasteiger partial charge on any atom is 0.279 e. The molecule has 0 aliphatic carbocycles. The van der Waals surface area contributed by atoms with Crippen LogP contribution < -0.4 is 9.47 Å². The maximum atomic E-state index is 5.98. The van der Waals surface area contributed by atoms with Crippen LogP contribution in [0.25, 0.3) is 10.4 Å². The van der Waals surface area contributed by atoms with Gasteiger partial charge in [0.1, 0.15) is 11.5 Å². The number of hydrogen-bond donors (Lipinski definition) is 0. The van der Waals surface area contributed by atoms with Crippen LogP contribution in [0.3, 0.4) is 0 Å². The Kier molecular flexibility index (Phi) is 6.16. The summed E-state index contributed by atoms with van der Waals surface area (Å²) < 4.78 is 11.7. The third-order valence-electron chi connectivity index (χ3n) is 5.95. The summed E-state index contributed by atoms with van der Waals surface area (Å²) in [5.41, 5.74) is 5.36. The van der Waals surface area contributed by atoms with Gasteiger partial charge in [0.05, 0.1) is 11.0 Å². The summed E-state index contributed by atoms with van der Waals surface area (Å²) in [7, 11) is 0. The highest BCUT2D eigenvalue weighted by Gasteiger charge is 2.24. The van der Waals surface area contributed by atoms with Crippen molar-refractivity contribution in [3.05, 3.63) is 95.7 Å². The minimum absolute atomic E-state index is 0.151. The number of hydrogen-bond acceptors (Lipinski definition) is 5. The Hall–Kier alpha value is -3.15. The number of aromatic nitrogens is 1.